The van der Waals surface area contributed by atoms with E-state index >= 15 is 0 Å². The van der Waals surface area contributed by atoms with E-state index < -0.39 is 10.0 Å². The number of sulfonamides is 1. The molecule has 1 saturated heterocycles. The SMILES string of the molecule is Cc1ccc(S(=O)(=O)N2CCN(C(=O)C3CC3)CC2)c(C)c1. The van der Waals surface area contributed by atoms with E-state index in [1.807, 2.05) is 30.9 Å². The number of hydrogen-bond donors (Lipinski definition) is 0. The summed E-state index contributed by atoms with van der Waals surface area (Å²) in [7, 11) is -3.47. The molecular weight excluding hydrogens is 300 g/mol. The van der Waals surface area contributed by atoms with E-state index in [0.29, 0.717) is 31.1 Å². The fourth-order valence-corrected chi connectivity index (χ4v) is 4.59. The second-order valence-corrected chi connectivity index (χ2v) is 8.18. The Balaban J connectivity index is 1.72. The zero-order valence-corrected chi connectivity index (χ0v) is 13.9. The van der Waals surface area contributed by atoms with Crippen LogP contribution in [0.2, 0.25) is 0 Å². The van der Waals surface area contributed by atoms with Gasteiger partial charge in [-0.1, -0.05) is 17.7 Å². The summed E-state index contributed by atoms with van der Waals surface area (Å²) in [6, 6.07) is 5.40. The molecule has 0 aromatic heterocycles. The van der Waals surface area contributed by atoms with Crippen LogP contribution in [0.4, 0.5) is 0 Å². The number of carbonyl (C=O) groups is 1. The zero-order chi connectivity index (χ0) is 15.9. The number of nitrogens with zero attached hydrogens (tertiary/aromatic N) is 2. The molecule has 1 heterocycles. The highest BCUT2D eigenvalue weighted by atomic mass is 32.2. The molecule has 2 fully saturated rings. The third-order valence-corrected chi connectivity index (χ3v) is 6.48. The minimum atomic E-state index is -3.47. The summed E-state index contributed by atoms with van der Waals surface area (Å²) in [4.78, 5) is 14.2. The maximum absolute atomic E-state index is 12.8. The van der Waals surface area contributed by atoms with Gasteiger partial charge in [0.25, 0.3) is 0 Å². The van der Waals surface area contributed by atoms with Crippen LogP contribution in [0.3, 0.4) is 0 Å². The Labute approximate surface area is 132 Å². The van der Waals surface area contributed by atoms with Gasteiger partial charge in [0.2, 0.25) is 15.9 Å². The van der Waals surface area contributed by atoms with Crippen LogP contribution >= 0.6 is 0 Å². The van der Waals surface area contributed by atoms with Crippen molar-refractivity contribution in [2.75, 3.05) is 26.2 Å². The molecule has 22 heavy (non-hydrogen) atoms. The standard InChI is InChI=1S/C16H22N2O3S/c1-12-3-6-15(13(2)11-12)22(20,21)18-9-7-17(8-10-18)16(19)14-4-5-14/h3,6,11,14H,4-5,7-10H2,1-2H3. The largest absolute Gasteiger partial charge is 0.340 e. The molecule has 0 atom stereocenters. The summed E-state index contributed by atoms with van der Waals surface area (Å²) < 4.78 is 27.0. The lowest BCUT2D eigenvalue weighted by Crippen LogP contribution is -2.51. The molecule has 1 aromatic rings. The minimum absolute atomic E-state index is 0.197. The molecule has 3 rings (SSSR count). The first-order valence-corrected chi connectivity index (χ1v) is 9.20. The van der Waals surface area contributed by atoms with Crippen molar-refractivity contribution in [1.82, 2.24) is 9.21 Å². The molecule has 0 spiro atoms. The van der Waals surface area contributed by atoms with Crippen LogP contribution in [0.5, 0.6) is 0 Å². The molecule has 2 aliphatic rings. The monoisotopic (exact) mass is 322 g/mol. The number of amides is 1. The van der Waals surface area contributed by atoms with Gasteiger partial charge in [-0.05, 0) is 38.3 Å². The Bertz CT molecular complexity index is 687. The van der Waals surface area contributed by atoms with Crippen LogP contribution in [0.1, 0.15) is 24.0 Å². The first-order valence-electron chi connectivity index (χ1n) is 7.76. The summed E-state index contributed by atoms with van der Waals surface area (Å²) in [5.74, 6) is 0.395. The van der Waals surface area contributed by atoms with Gasteiger partial charge in [0.05, 0.1) is 4.90 Å². The van der Waals surface area contributed by atoms with Crippen molar-refractivity contribution in [3.05, 3.63) is 29.3 Å². The Morgan fingerprint density at radius 2 is 1.73 bits per heavy atom. The van der Waals surface area contributed by atoms with Crippen LogP contribution in [-0.4, -0.2) is 49.7 Å². The van der Waals surface area contributed by atoms with Crippen molar-refractivity contribution >= 4 is 15.9 Å². The van der Waals surface area contributed by atoms with Gasteiger partial charge in [-0.15, -0.1) is 0 Å². The summed E-state index contributed by atoms with van der Waals surface area (Å²) in [6.07, 6.45) is 1.97. The highest BCUT2D eigenvalue weighted by Crippen LogP contribution is 2.31. The van der Waals surface area contributed by atoms with E-state index in [1.165, 1.54) is 4.31 Å². The van der Waals surface area contributed by atoms with Gasteiger partial charge in [-0.2, -0.15) is 4.31 Å². The van der Waals surface area contributed by atoms with Crippen molar-refractivity contribution in [2.24, 2.45) is 5.92 Å². The van der Waals surface area contributed by atoms with Gasteiger partial charge in [-0.25, -0.2) is 8.42 Å². The molecule has 6 heteroatoms. The van der Waals surface area contributed by atoms with Crippen molar-refractivity contribution in [3.63, 3.8) is 0 Å². The second-order valence-electron chi connectivity index (χ2n) is 6.27. The molecule has 120 valence electrons. The van der Waals surface area contributed by atoms with Gasteiger partial charge in [0.15, 0.2) is 0 Å². The topological polar surface area (TPSA) is 57.7 Å². The lowest BCUT2D eigenvalue weighted by molar-refractivity contribution is -0.133. The molecule has 5 nitrogen and oxygen atoms in total. The lowest BCUT2D eigenvalue weighted by Gasteiger charge is -2.34. The number of piperazine rings is 1. The summed E-state index contributed by atoms with van der Waals surface area (Å²) in [6.45, 7) is 5.54. The number of hydrogen-bond acceptors (Lipinski definition) is 3. The fourth-order valence-electron chi connectivity index (χ4n) is 2.97. The average molecular weight is 322 g/mol. The Hall–Kier alpha value is -1.40. The molecule has 0 bridgehead atoms. The number of carbonyl (C=O) groups excluding carboxylic acids is 1. The molecule has 1 aromatic carbocycles. The Morgan fingerprint density at radius 3 is 2.27 bits per heavy atom. The summed E-state index contributed by atoms with van der Waals surface area (Å²) in [5.41, 5.74) is 1.83. The van der Waals surface area contributed by atoms with Crippen molar-refractivity contribution in [2.45, 2.75) is 31.6 Å². The highest BCUT2D eigenvalue weighted by Gasteiger charge is 2.36. The van der Waals surface area contributed by atoms with E-state index in [4.69, 9.17) is 0 Å². The predicted octanol–water partition coefficient (Wildman–Crippen LogP) is 1.55. The Kier molecular flexibility index (Phi) is 3.99. The normalized spacial score (nSPS) is 20.2. The van der Waals surface area contributed by atoms with E-state index in [1.54, 1.807) is 6.07 Å². The molecule has 1 aliphatic carbocycles. The van der Waals surface area contributed by atoms with Gasteiger partial charge in [0.1, 0.15) is 0 Å². The molecule has 0 radical (unpaired) electrons. The maximum atomic E-state index is 12.8. The zero-order valence-electron chi connectivity index (χ0n) is 13.1. The van der Waals surface area contributed by atoms with Gasteiger partial charge < -0.3 is 4.90 Å². The van der Waals surface area contributed by atoms with Crippen molar-refractivity contribution in [1.29, 1.82) is 0 Å². The van der Waals surface area contributed by atoms with E-state index in [0.717, 1.165) is 24.0 Å². The number of rotatable bonds is 3. The number of aryl methyl sites for hydroxylation is 2. The smallest absolute Gasteiger partial charge is 0.243 e. The lowest BCUT2D eigenvalue weighted by atomic mass is 10.2. The molecule has 1 amide bonds. The average Bonchev–Trinajstić information content (AvgIpc) is 3.31. The fraction of sp³-hybridized carbons (Fsp3) is 0.562. The van der Waals surface area contributed by atoms with Gasteiger partial charge in [0, 0.05) is 32.1 Å². The molecule has 1 saturated carbocycles. The van der Waals surface area contributed by atoms with Gasteiger partial charge >= 0.3 is 0 Å². The molecule has 1 aliphatic heterocycles. The molecule has 0 unspecified atom stereocenters. The first kappa shape index (κ1) is 15.5. The summed E-state index contributed by atoms with van der Waals surface area (Å²) in [5, 5.41) is 0. The molecular formula is C16H22N2O3S. The van der Waals surface area contributed by atoms with Gasteiger partial charge in [-0.3, -0.25) is 4.79 Å². The molecule has 0 N–H and O–H groups in total. The van der Waals surface area contributed by atoms with Crippen molar-refractivity contribution < 1.29 is 13.2 Å². The summed E-state index contributed by atoms with van der Waals surface area (Å²) >= 11 is 0. The van der Waals surface area contributed by atoms with E-state index in [9.17, 15) is 13.2 Å². The van der Waals surface area contributed by atoms with Crippen LogP contribution in [-0.2, 0) is 14.8 Å². The van der Waals surface area contributed by atoms with E-state index in [-0.39, 0.29) is 11.8 Å². The van der Waals surface area contributed by atoms with Crippen LogP contribution in [0, 0.1) is 19.8 Å². The van der Waals surface area contributed by atoms with Crippen LogP contribution < -0.4 is 0 Å². The second kappa shape index (κ2) is 5.66. The maximum Gasteiger partial charge on any atom is 0.243 e. The Morgan fingerprint density at radius 1 is 1.09 bits per heavy atom. The first-order chi connectivity index (χ1) is 10.4. The third-order valence-electron chi connectivity index (χ3n) is 4.43. The van der Waals surface area contributed by atoms with E-state index in [2.05, 4.69) is 0 Å². The van der Waals surface area contributed by atoms with Crippen LogP contribution in [0.15, 0.2) is 23.1 Å². The highest BCUT2D eigenvalue weighted by molar-refractivity contribution is 7.89. The third kappa shape index (κ3) is 2.90. The van der Waals surface area contributed by atoms with Crippen LogP contribution in [0.25, 0.3) is 0 Å². The van der Waals surface area contributed by atoms with Crippen molar-refractivity contribution in [3.8, 4) is 0 Å². The quantitative estimate of drug-likeness (QED) is 0.848. The number of benzene rings is 1. The minimum Gasteiger partial charge on any atom is -0.340 e. The predicted molar refractivity (Wildman–Crippen MR) is 84.0 cm³/mol.